The first-order chi connectivity index (χ1) is 9.08. The highest BCUT2D eigenvalue weighted by Gasteiger charge is 2.31. The van der Waals surface area contributed by atoms with Gasteiger partial charge in [0.05, 0.1) is 11.2 Å². The maximum Gasteiger partial charge on any atom is 0.245 e. The lowest BCUT2D eigenvalue weighted by Gasteiger charge is -2.25. The molecule has 0 radical (unpaired) electrons. The van der Waals surface area contributed by atoms with Gasteiger partial charge in [-0.2, -0.15) is 0 Å². The summed E-state index contributed by atoms with van der Waals surface area (Å²) < 4.78 is 0. The molecule has 1 atom stereocenters. The van der Waals surface area contributed by atoms with Gasteiger partial charge in [0.1, 0.15) is 6.04 Å². The summed E-state index contributed by atoms with van der Waals surface area (Å²) in [5, 5.41) is 4.80. The first-order valence-electron chi connectivity index (χ1n) is 6.53. The zero-order valence-electron chi connectivity index (χ0n) is 11.3. The summed E-state index contributed by atoms with van der Waals surface area (Å²) >= 11 is 1.56. The highest BCUT2D eigenvalue weighted by molar-refractivity contribution is 7.07. The molecule has 6 heteroatoms. The average Bonchev–Trinajstić information content (AvgIpc) is 2.83. The van der Waals surface area contributed by atoms with Gasteiger partial charge in [-0.3, -0.25) is 9.59 Å². The quantitative estimate of drug-likeness (QED) is 0.897. The lowest BCUT2D eigenvalue weighted by atomic mass is 10.0. The third-order valence-electron chi connectivity index (χ3n) is 3.29. The van der Waals surface area contributed by atoms with Crippen molar-refractivity contribution in [1.29, 1.82) is 0 Å². The van der Waals surface area contributed by atoms with Crippen LogP contribution in [0.1, 0.15) is 26.0 Å². The van der Waals surface area contributed by atoms with Crippen LogP contribution in [0.4, 0.5) is 0 Å². The molecule has 104 valence electrons. The van der Waals surface area contributed by atoms with Crippen LogP contribution in [0.25, 0.3) is 0 Å². The Hall–Kier alpha value is -1.43. The smallest absolute Gasteiger partial charge is 0.245 e. The van der Waals surface area contributed by atoms with E-state index < -0.39 is 6.04 Å². The van der Waals surface area contributed by atoms with Gasteiger partial charge in [-0.05, 0) is 5.92 Å². The second kappa shape index (κ2) is 6.14. The van der Waals surface area contributed by atoms with Gasteiger partial charge < -0.3 is 10.2 Å². The number of carbonyl (C=O) groups excluding carboxylic acids is 2. The Labute approximate surface area is 117 Å². The molecule has 1 fully saturated rings. The molecule has 0 saturated carbocycles. The van der Waals surface area contributed by atoms with Crippen LogP contribution in [0.5, 0.6) is 0 Å². The molecule has 1 aliphatic rings. The third kappa shape index (κ3) is 3.53. The summed E-state index contributed by atoms with van der Waals surface area (Å²) in [7, 11) is 0. The van der Waals surface area contributed by atoms with Crippen LogP contribution < -0.4 is 5.32 Å². The maximum absolute atomic E-state index is 12.4. The molecular formula is C13H19N3O2S. The minimum Gasteiger partial charge on any atom is -0.344 e. The van der Waals surface area contributed by atoms with Crippen LogP contribution in [0.15, 0.2) is 10.9 Å². The molecule has 1 N–H and O–H groups in total. The number of amides is 2. The lowest BCUT2D eigenvalue weighted by molar-refractivity contribution is -0.134. The molecule has 2 amide bonds. The van der Waals surface area contributed by atoms with Crippen molar-refractivity contribution in [3.8, 4) is 0 Å². The van der Waals surface area contributed by atoms with Gasteiger partial charge in [0.15, 0.2) is 0 Å². The van der Waals surface area contributed by atoms with Crippen LogP contribution in [0, 0.1) is 5.92 Å². The molecule has 1 aliphatic heterocycles. The Kier molecular flexibility index (Phi) is 4.52. The molecule has 0 bridgehead atoms. The van der Waals surface area contributed by atoms with E-state index in [1.165, 1.54) is 0 Å². The van der Waals surface area contributed by atoms with Gasteiger partial charge in [-0.15, -0.1) is 11.3 Å². The van der Waals surface area contributed by atoms with Gasteiger partial charge in [0.25, 0.3) is 0 Å². The Morgan fingerprint density at radius 2 is 2.32 bits per heavy atom. The zero-order valence-corrected chi connectivity index (χ0v) is 12.1. The number of carbonyl (C=O) groups is 2. The molecule has 2 heterocycles. The van der Waals surface area contributed by atoms with Crippen molar-refractivity contribution in [2.45, 2.75) is 32.7 Å². The SMILES string of the molecule is CC(C)C1NC(=O)CCN(CCc2cscn2)C1=O. The Balaban J connectivity index is 2.01. The summed E-state index contributed by atoms with van der Waals surface area (Å²) in [5.74, 6) is 0.0932. The van der Waals surface area contributed by atoms with Gasteiger partial charge >= 0.3 is 0 Å². The number of nitrogens with zero attached hydrogens (tertiary/aromatic N) is 2. The van der Waals surface area contributed by atoms with E-state index >= 15 is 0 Å². The molecule has 0 aromatic carbocycles. The van der Waals surface area contributed by atoms with E-state index in [1.807, 2.05) is 19.2 Å². The van der Waals surface area contributed by atoms with E-state index in [0.717, 1.165) is 12.1 Å². The first kappa shape index (κ1) is 14.0. The van der Waals surface area contributed by atoms with Crippen LogP contribution in [0.2, 0.25) is 0 Å². The maximum atomic E-state index is 12.4. The summed E-state index contributed by atoms with van der Waals surface area (Å²) in [4.78, 5) is 30.0. The molecule has 0 aliphatic carbocycles. The van der Waals surface area contributed by atoms with Crippen molar-refractivity contribution in [2.24, 2.45) is 5.92 Å². The molecule has 19 heavy (non-hydrogen) atoms. The predicted molar refractivity (Wildman–Crippen MR) is 73.8 cm³/mol. The number of hydrogen-bond acceptors (Lipinski definition) is 4. The topological polar surface area (TPSA) is 62.3 Å². The summed E-state index contributed by atoms with van der Waals surface area (Å²) in [6.07, 6.45) is 1.13. The fourth-order valence-corrected chi connectivity index (χ4v) is 2.73. The molecular weight excluding hydrogens is 262 g/mol. The van der Waals surface area contributed by atoms with E-state index in [2.05, 4.69) is 10.3 Å². The zero-order chi connectivity index (χ0) is 13.8. The Morgan fingerprint density at radius 1 is 1.53 bits per heavy atom. The highest BCUT2D eigenvalue weighted by atomic mass is 32.1. The molecule has 5 nitrogen and oxygen atoms in total. The van der Waals surface area contributed by atoms with E-state index in [9.17, 15) is 9.59 Å². The Morgan fingerprint density at radius 3 is 2.95 bits per heavy atom. The third-order valence-corrected chi connectivity index (χ3v) is 3.93. The number of nitrogens with one attached hydrogen (secondary N) is 1. The van der Waals surface area contributed by atoms with E-state index in [4.69, 9.17) is 0 Å². The Bertz CT molecular complexity index is 445. The molecule has 1 aromatic rings. The van der Waals surface area contributed by atoms with E-state index in [0.29, 0.717) is 19.5 Å². The van der Waals surface area contributed by atoms with Crippen LogP contribution in [0.3, 0.4) is 0 Å². The predicted octanol–water partition coefficient (Wildman–Crippen LogP) is 1.06. The summed E-state index contributed by atoms with van der Waals surface area (Å²) in [6, 6.07) is -0.398. The van der Waals surface area contributed by atoms with Crippen molar-refractivity contribution >= 4 is 23.2 Å². The first-order valence-corrected chi connectivity index (χ1v) is 7.47. The molecule has 0 spiro atoms. The van der Waals surface area contributed by atoms with E-state index in [1.54, 1.807) is 21.7 Å². The van der Waals surface area contributed by atoms with Crippen LogP contribution >= 0.6 is 11.3 Å². The molecule has 1 saturated heterocycles. The van der Waals surface area contributed by atoms with Crippen molar-refractivity contribution in [3.63, 3.8) is 0 Å². The van der Waals surface area contributed by atoms with Crippen molar-refractivity contribution in [1.82, 2.24) is 15.2 Å². The van der Waals surface area contributed by atoms with Gasteiger partial charge in [-0.25, -0.2) is 4.98 Å². The van der Waals surface area contributed by atoms with Gasteiger partial charge in [0, 0.05) is 31.3 Å². The largest absolute Gasteiger partial charge is 0.344 e. The number of rotatable bonds is 4. The fourth-order valence-electron chi connectivity index (χ4n) is 2.14. The number of aromatic nitrogens is 1. The van der Waals surface area contributed by atoms with Gasteiger partial charge in [0.2, 0.25) is 11.8 Å². The fraction of sp³-hybridized carbons (Fsp3) is 0.615. The normalized spacial score (nSPS) is 20.6. The molecule has 2 rings (SSSR count). The minimum absolute atomic E-state index is 0.0241. The van der Waals surface area contributed by atoms with E-state index in [-0.39, 0.29) is 17.7 Å². The van der Waals surface area contributed by atoms with Crippen molar-refractivity contribution in [3.05, 3.63) is 16.6 Å². The van der Waals surface area contributed by atoms with Crippen LogP contribution in [-0.2, 0) is 16.0 Å². The van der Waals surface area contributed by atoms with Gasteiger partial charge in [-0.1, -0.05) is 13.8 Å². The highest BCUT2D eigenvalue weighted by Crippen LogP contribution is 2.12. The second-order valence-electron chi connectivity index (χ2n) is 5.09. The number of thiazole rings is 1. The molecule has 1 unspecified atom stereocenters. The summed E-state index contributed by atoms with van der Waals surface area (Å²) in [5.41, 5.74) is 2.80. The summed E-state index contributed by atoms with van der Waals surface area (Å²) in [6.45, 7) is 5.03. The van der Waals surface area contributed by atoms with Crippen molar-refractivity contribution < 1.29 is 9.59 Å². The standard InChI is InChI=1S/C13H19N3O2S/c1-9(2)12-13(18)16(6-4-11(17)15-12)5-3-10-7-19-8-14-10/h7-9,12H,3-6H2,1-2H3,(H,15,17). The minimum atomic E-state index is -0.398. The molecule has 1 aromatic heterocycles. The monoisotopic (exact) mass is 281 g/mol. The lowest BCUT2D eigenvalue weighted by Crippen LogP contribution is -2.48. The van der Waals surface area contributed by atoms with Crippen LogP contribution in [-0.4, -0.2) is 40.8 Å². The average molecular weight is 281 g/mol. The second-order valence-corrected chi connectivity index (χ2v) is 5.81. The number of hydrogen-bond donors (Lipinski definition) is 1. The van der Waals surface area contributed by atoms with Crippen molar-refractivity contribution in [2.75, 3.05) is 13.1 Å².